The molecule has 1 heterocycles. The van der Waals surface area contributed by atoms with Gasteiger partial charge >= 0.3 is 0 Å². The Morgan fingerprint density at radius 3 is 3.16 bits per heavy atom. The highest BCUT2D eigenvalue weighted by molar-refractivity contribution is 6.30. The van der Waals surface area contributed by atoms with Gasteiger partial charge in [-0.3, -0.25) is 0 Å². The Kier molecular flexibility index (Phi) is 4.91. The van der Waals surface area contributed by atoms with E-state index in [2.05, 4.69) is 17.2 Å². The van der Waals surface area contributed by atoms with Crippen LogP contribution in [-0.4, -0.2) is 19.1 Å². The van der Waals surface area contributed by atoms with Crippen LogP contribution < -0.4 is 15.8 Å². The summed E-state index contributed by atoms with van der Waals surface area (Å²) in [5.41, 5.74) is 7.97. The van der Waals surface area contributed by atoms with Crippen molar-refractivity contribution in [3.8, 4) is 5.75 Å². The molecule has 4 nitrogen and oxygen atoms in total. The summed E-state index contributed by atoms with van der Waals surface area (Å²) >= 11 is 6.10. The monoisotopic (exact) mass is 281 g/mol. The second kappa shape index (κ2) is 6.66. The topological polar surface area (TPSA) is 59.6 Å². The predicted octanol–water partition coefficient (Wildman–Crippen LogP) is 2.48. The SMILES string of the molecule is CCCCNC(N)=NCc1cc(Cl)cc2c1OCC2. The number of rotatable bonds is 5. The number of hydrogen-bond donors (Lipinski definition) is 2. The molecule has 19 heavy (non-hydrogen) atoms. The standard InChI is InChI=1S/C14H20ClN3O/c1-2-3-5-17-14(16)18-9-11-8-12(15)7-10-4-6-19-13(10)11/h7-8H,2-6,9H2,1H3,(H3,16,17,18). The Labute approximate surface area is 119 Å². The molecule has 0 aliphatic carbocycles. The van der Waals surface area contributed by atoms with E-state index in [1.165, 1.54) is 0 Å². The fourth-order valence-corrected chi connectivity index (χ4v) is 2.35. The number of ether oxygens (including phenoxy) is 1. The number of nitrogens with zero attached hydrogens (tertiary/aromatic N) is 1. The minimum absolute atomic E-state index is 0.472. The van der Waals surface area contributed by atoms with E-state index < -0.39 is 0 Å². The van der Waals surface area contributed by atoms with Gasteiger partial charge in [0.2, 0.25) is 0 Å². The first-order valence-corrected chi connectivity index (χ1v) is 7.06. The number of nitrogens with two attached hydrogens (primary N) is 1. The summed E-state index contributed by atoms with van der Waals surface area (Å²) in [5.74, 6) is 1.40. The lowest BCUT2D eigenvalue weighted by Crippen LogP contribution is -2.32. The van der Waals surface area contributed by atoms with E-state index in [0.29, 0.717) is 12.5 Å². The molecule has 1 aliphatic heterocycles. The highest BCUT2D eigenvalue weighted by Gasteiger charge is 2.17. The van der Waals surface area contributed by atoms with E-state index in [4.69, 9.17) is 22.1 Å². The number of unbranched alkanes of at least 4 members (excludes halogenated alkanes) is 1. The lowest BCUT2D eigenvalue weighted by atomic mass is 10.1. The van der Waals surface area contributed by atoms with E-state index in [1.54, 1.807) is 0 Å². The van der Waals surface area contributed by atoms with Gasteiger partial charge in [0.05, 0.1) is 13.2 Å². The van der Waals surface area contributed by atoms with Gasteiger partial charge < -0.3 is 15.8 Å². The van der Waals surface area contributed by atoms with Crippen molar-refractivity contribution in [1.82, 2.24) is 5.32 Å². The summed E-state index contributed by atoms with van der Waals surface area (Å²) in [6.45, 7) is 4.21. The molecule has 0 amide bonds. The minimum Gasteiger partial charge on any atom is -0.493 e. The largest absolute Gasteiger partial charge is 0.493 e. The average molecular weight is 282 g/mol. The van der Waals surface area contributed by atoms with Crippen molar-refractivity contribution < 1.29 is 4.74 Å². The second-order valence-corrected chi connectivity index (χ2v) is 5.07. The van der Waals surface area contributed by atoms with Crippen molar-refractivity contribution >= 4 is 17.6 Å². The lowest BCUT2D eigenvalue weighted by molar-refractivity contribution is 0.353. The summed E-state index contributed by atoms with van der Waals surface area (Å²) in [6, 6.07) is 3.86. The normalized spacial score (nSPS) is 14.1. The van der Waals surface area contributed by atoms with Crippen molar-refractivity contribution in [3.63, 3.8) is 0 Å². The van der Waals surface area contributed by atoms with Crippen molar-refractivity contribution in [2.45, 2.75) is 32.7 Å². The summed E-state index contributed by atoms with van der Waals surface area (Å²) in [7, 11) is 0. The molecule has 0 bridgehead atoms. The van der Waals surface area contributed by atoms with Crippen LogP contribution in [-0.2, 0) is 13.0 Å². The van der Waals surface area contributed by atoms with Crippen LogP contribution in [0.25, 0.3) is 0 Å². The molecule has 0 atom stereocenters. The zero-order chi connectivity index (χ0) is 13.7. The van der Waals surface area contributed by atoms with Crippen LogP contribution in [0.2, 0.25) is 5.02 Å². The summed E-state index contributed by atoms with van der Waals surface area (Å²) in [5, 5.41) is 3.82. The third kappa shape index (κ3) is 3.77. The molecule has 3 N–H and O–H groups in total. The fourth-order valence-electron chi connectivity index (χ4n) is 2.08. The number of nitrogens with one attached hydrogen (secondary N) is 1. The van der Waals surface area contributed by atoms with Gasteiger partial charge in [0.1, 0.15) is 5.75 Å². The van der Waals surface area contributed by atoms with Gasteiger partial charge in [-0.1, -0.05) is 24.9 Å². The third-order valence-electron chi connectivity index (χ3n) is 3.08. The van der Waals surface area contributed by atoms with Gasteiger partial charge in [0, 0.05) is 23.6 Å². The van der Waals surface area contributed by atoms with Crippen molar-refractivity contribution in [3.05, 3.63) is 28.3 Å². The maximum Gasteiger partial charge on any atom is 0.188 e. The number of halogens is 1. The Balaban J connectivity index is 2.01. The minimum atomic E-state index is 0.472. The van der Waals surface area contributed by atoms with E-state index >= 15 is 0 Å². The summed E-state index contributed by atoms with van der Waals surface area (Å²) in [4.78, 5) is 4.33. The first-order valence-electron chi connectivity index (χ1n) is 6.68. The molecular weight excluding hydrogens is 262 g/mol. The van der Waals surface area contributed by atoms with Crippen LogP contribution in [0.4, 0.5) is 0 Å². The van der Waals surface area contributed by atoms with E-state index in [0.717, 1.165) is 54.3 Å². The van der Waals surface area contributed by atoms with E-state index in [9.17, 15) is 0 Å². The van der Waals surface area contributed by atoms with Crippen LogP contribution in [0.5, 0.6) is 5.75 Å². The van der Waals surface area contributed by atoms with Gasteiger partial charge in [0.25, 0.3) is 0 Å². The van der Waals surface area contributed by atoms with Crippen molar-refractivity contribution in [2.24, 2.45) is 10.7 Å². The van der Waals surface area contributed by atoms with Crippen LogP contribution in [0.1, 0.15) is 30.9 Å². The molecule has 1 aromatic rings. The maximum atomic E-state index is 6.10. The summed E-state index contributed by atoms with van der Waals surface area (Å²) in [6.07, 6.45) is 3.14. The second-order valence-electron chi connectivity index (χ2n) is 4.63. The Morgan fingerprint density at radius 1 is 1.53 bits per heavy atom. The molecule has 0 aromatic heterocycles. The molecule has 1 aromatic carbocycles. The molecular formula is C14H20ClN3O. The van der Waals surface area contributed by atoms with Crippen LogP contribution >= 0.6 is 11.6 Å². The van der Waals surface area contributed by atoms with Crippen LogP contribution in [0, 0.1) is 0 Å². The summed E-state index contributed by atoms with van der Waals surface area (Å²) < 4.78 is 5.63. The van der Waals surface area contributed by atoms with Crippen molar-refractivity contribution in [1.29, 1.82) is 0 Å². The fraction of sp³-hybridized carbons (Fsp3) is 0.500. The lowest BCUT2D eigenvalue weighted by Gasteiger charge is -2.08. The van der Waals surface area contributed by atoms with Crippen LogP contribution in [0.3, 0.4) is 0 Å². The third-order valence-corrected chi connectivity index (χ3v) is 3.30. The number of guanidine groups is 1. The van der Waals surface area contributed by atoms with Crippen molar-refractivity contribution in [2.75, 3.05) is 13.2 Å². The molecule has 104 valence electrons. The van der Waals surface area contributed by atoms with Gasteiger partial charge in [-0.15, -0.1) is 0 Å². The van der Waals surface area contributed by atoms with Gasteiger partial charge in [-0.25, -0.2) is 4.99 Å². The smallest absolute Gasteiger partial charge is 0.188 e. The van der Waals surface area contributed by atoms with E-state index in [1.807, 2.05) is 12.1 Å². The number of benzene rings is 1. The Morgan fingerprint density at radius 2 is 2.37 bits per heavy atom. The molecule has 0 radical (unpaired) electrons. The average Bonchev–Trinajstić information content (AvgIpc) is 2.84. The number of aliphatic imine (C=N–C) groups is 1. The molecule has 0 saturated carbocycles. The zero-order valence-corrected chi connectivity index (χ0v) is 12.0. The number of fused-ring (bicyclic) bond motifs is 1. The highest BCUT2D eigenvalue weighted by Crippen LogP contribution is 2.33. The highest BCUT2D eigenvalue weighted by atomic mass is 35.5. The Hall–Kier alpha value is -1.42. The zero-order valence-electron chi connectivity index (χ0n) is 11.2. The molecule has 0 unspecified atom stereocenters. The van der Waals surface area contributed by atoms with Gasteiger partial charge in [-0.05, 0) is 24.1 Å². The maximum absolute atomic E-state index is 6.10. The number of hydrogen-bond acceptors (Lipinski definition) is 2. The van der Waals surface area contributed by atoms with Gasteiger partial charge in [-0.2, -0.15) is 0 Å². The van der Waals surface area contributed by atoms with Crippen LogP contribution in [0.15, 0.2) is 17.1 Å². The Bertz CT molecular complexity index is 474. The molecule has 5 heteroatoms. The predicted molar refractivity (Wildman–Crippen MR) is 78.9 cm³/mol. The molecule has 0 saturated heterocycles. The van der Waals surface area contributed by atoms with Gasteiger partial charge in [0.15, 0.2) is 5.96 Å². The first kappa shape index (κ1) is 14.0. The first-order chi connectivity index (χ1) is 9.20. The molecule has 1 aliphatic rings. The van der Waals surface area contributed by atoms with E-state index in [-0.39, 0.29) is 0 Å². The molecule has 2 rings (SSSR count). The quantitative estimate of drug-likeness (QED) is 0.495. The molecule has 0 spiro atoms. The molecule has 0 fully saturated rings.